The fraction of sp³-hybridized carbons (Fsp3) is 0.579. The van der Waals surface area contributed by atoms with E-state index in [2.05, 4.69) is 0 Å². The van der Waals surface area contributed by atoms with E-state index in [1.54, 1.807) is 4.90 Å². The molecule has 1 spiro atoms. The van der Waals surface area contributed by atoms with Gasteiger partial charge in [0.2, 0.25) is 5.91 Å². The first-order valence-electron chi connectivity index (χ1n) is 8.84. The van der Waals surface area contributed by atoms with E-state index in [4.69, 9.17) is 9.47 Å². The summed E-state index contributed by atoms with van der Waals surface area (Å²) in [7, 11) is 0. The highest BCUT2D eigenvalue weighted by Gasteiger charge is 2.51. The summed E-state index contributed by atoms with van der Waals surface area (Å²) in [5, 5.41) is 9.61. The number of hydrogen-bond donors (Lipinski definition) is 1. The largest absolute Gasteiger partial charge is 0.494 e. The first-order valence-corrected chi connectivity index (χ1v) is 8.84. The number of carbonyl (C=O) groups excluding carboxylic acids is 1. The van der Waals surface area contributed by atoms with Gasteiger partial charge in [-0.05, 0) is 37.5 Å². The molecule has 1 aromatic carbocycles. The van der Waals surface area contributed by atoms with Gasteiger partial charge in [0.05, 0.1) is 18.9 Å². The number of likely N-dealkylation sites (tertiary alicyclic amines) is 1. The van der Waals surface area contributed by atoms with Crippen LogP contribution in [0.3, 0.4) is 0 Å². The van der Waals surface area contributed by atoms with Crippen LogP contribution in [-0.4, -0.2) is 54.8 Å². The number of amides is 1. The highest BCUT2D eigenvalue weighted by atomic mass is 16.5. The minimum Gasteiger partial charge on any atom is -0.494 e. The molecule has 1 atom stereocenters. The van der Waals surface area contributed by atoms with Gasteiger partial charge in [-0.2, -0.15) is 0 Å². The third kappa shape index (κ3) is 3.79. The molecule has 2 aliphatic heterocycles. The number of aliphatic carboxylic acids is 1. The Balaban J connectivity index is 1.67. The number of carbonyl (C=O) groups is 2. The van der Waals surface area contributed by atoms with Crippen LogP contribution in [0, 0.1) is 11.3 Å². The molecule has 0 saturated carbocycles. The maximum Gasteiger partial charge on any atom is 0.308 e. The molecule has 1 amide bonds. The van der Waals surface area contributed by atoms with Gasteiger partial charge in [-0.25, -0.2) is 0 Å². The van der Waals surface area contributed by atoms with Crippen molar-refractivity contribution in [1.82, 2.24) is 4.90 Å². The summed E-state index contributed by atoms with van der Waals surface area (Å²) in [6, 6.07) is 7.49. The fourth-order valence-corrected chi connectivity index (χ4v) is 3.94. The van der Waals surface area contributed by atoms with Crippen LogP contribution in [0.15, 0.2) is 24.3 Å². The zero-order valence-corrected chi connectivity index (χ0v) is 14.6. The smallest absolute Gasteiger partial charge is 0.308 e. The van der Waals surface area contributed by atoms with E-state index >= 15 is 0 Å². The van der Waals surface area contributed by atoms with Crippen molar-refractivity contribution in [2.24, 2.45) is 11.3 Å². The van der Waals surface area contributed by atoms with Crippen LogP contribution in [0.1, 0.15) is 25.3 Å². The Labute approximate surface area is 147 Å². The van der Waals surface area contributed by atoms with Crippen molar-refractivity contribution in [2.75, 3.05) is 32.9 Å². The predicted octanol–water partition coefficient (Wildman–Crippen LogP) is 1.97. The lowest BCUT2D eigenvalue weighted by molar-refractivity contribution is -0.146. The summed E-state index contributed by atoms with van der Waals surface area (Å²) in [5.41, 5.74) is 0.576. The molecule has 0 aromatic heterocycles. The molecule has 0 aliphatic carbocycles. The zero-order valence-electron chi connectivity index (χ0n) is 14.6. The van der Waals surface area contributed by atoms with Crippen molar-refractivity contribution < 1.29 is 24.2 Å². The second kappa shape index (κ2) is 7.44. The van der Waals surface area contributed by atoms with Crippen LogP contribution >= 0.6 is 0 Å². The minimum atomic E-state index is -0.807. The number of hydrogen-bond acceptors (Lipinski definition) is 4. The van der Waals surface area contributed by atoms with Crippen LogP contribution in [0.25, 0.3) is 0 Å². The third-order valence-electron chi connectivity index (χ3n) is 5.38. The summed E-state index contributed by atoms with van der Waals surface area (Å²) in [6.45, 7) is 4.49. The Hall–Kier alpha value is -2.08. The maximum atomic E-state index is 12.7. The van der Waals surface area contributed by atoms with Crippen molar-refractivity contribution in [3.05, 3.63) is 29.8 Å². The van der Waals surface area contributed by atoms with E-state index in [0.717, 1.165) is 11.3 Å². The predicted molar refractivity (Wildman–Crippen MR) is 91.5 cm³/mol. The molecule has 6 heteroatoms. The van der Waals surface area contributed by atoms with Gasteiger partial charge in [-0.1, -0.05) is 12.1 Å². The molecule has 1 unspecified atom stereocenters. The highest BCUT2D eigenvalue weighted by Crippen LogP contribution is 2.44. The Bertz CT molecular complexity index is 621. The normalized spacial score (nSPS) is 22.1. The molecule has 6 nitrogen and oxygen atoms in total. The van der Waals surface area contributed by atoms with E-state index in [0.29, 0.717) is 45.8 Å². The van der Waals surface area contributed by atoms with Gasteiger partial charge >= 0.3 is 5.97 Å². The Morgan fingerprint density at radius 2 is 1.96 bits per heavy atom. The number of rotatable bonds is 5. The molecule has 1 aromatic rings. The van der Waals surface area contributed by atoms with Crippen LogP contribution in [0.5, 0.6) is 5.75 Å². The van der Waals surface area contributed by atoms with Crippen LogP contribution in [0.4, 0.5) is 0 Å². The molecular formula is C19H25NO5. The van der Waals surface area contributed by atoms with Gasteiger partial charge in [-0.3, -0.25) is 9.59 Å². The number of carboxylic acids is 1. The van der Waals surface area contributed by atoms with E-state index in [1.165, 1.54) is 0 Å². The fourth-order valence-electron chi connectivity index (χ4n) is 3.94. The minimum absolute atomic E-state index is 0.0150. The van der Waals surface area contributed by atoms with Crippen molar-refractivity contribution in [3.8, 4) is 5.75 Å². The summed E-state index contributed by atoms with van der Waals surface area (Å²) in [4.78, 5) is 26.1. The van der Waals surface area contributed by atoms with E-state index in [9.17, 15) is 14.7 Å². The van der Waals surface area contributed by atoms with Crippen molar-refractivity contribution in [2.45, 2.75) is 26.2 Å². The molecule has 2 saturated heterocycles. The molecule has 25 heavy (non-hydrogen) atoms. The summed E-state index contributed by atoms with van der Waals surface area (Å²) in [5.74, 6) is -0.537. The first kappa shape index (κ1) is 17.7. The maximum absolute atomic E-state index is 12.7. The van der Waals surface area contributed by atoms with Gasteiger partial charge in [0.25, 0.3) is 0 Å². The monoisotopic (exact) mass is 347 g/mol. The van der Waals surface area contributed by atoms with Crippen molar-refractivity contribution >= 4 is 11.9 Å². The molecule has 1 N–H and O–H groups in total. The second-order valence-electron chi connectivity index (χ2n) is 6.89. The van der Waals surface area contributed by atoms with Crippen LogP contribution < -0.4 is 4.74 Å². The standard InChI is InChI=1S/C19H25NO5/c1-2-25-15-5-3-14(4-6-15)11-17(21)20-12-16(18(22)23)19(13-20)7-9-24-10-8-19/h3-6,16H,2,7-13H2,1H3,(H,22,23). The average Bonchev–Trinajstić information content (AvgIpc) is 2.97. The highest BCUT2D eigenvalue weighted by molar-refractivity contribution is 5.81. The number of benzene rings is 1. The molecule has 136 valence electrons. The van der Waals surface area contributed by atoms with Crippen LogP contribution in [0.2, 0.25) is 0 Å². The number of carboxylic acid groups (broad SMARTS) is 1. The molecule has 2 fully saturated rings. The quantitative estimate of drug-likeness (QED) is 0.881. The number of ether oxygens (including phenoxy) is 2. The Morgan fingerprint density at radius 1 is 1.28 bits per heavy atom. The lowest BCUT2D eigenvalue weighted by atomic mass is 9.72. The Morgan fingerprint density at radius 3 is 2.56 bits per heavy atom. The van der Waals surface area contributed by atoms with Gasteiger partial charge in [0.1, 0.15) is 5.75 Å². The van der Waals surface area contributed by atoms with E-state index in [1.807, 2.05) is 31.2 Å². The summed E-state index contributed by atoms with van der Waals surface area (Å²) >= 11 is 0. The molecular weight excluding hydrogens is 322 g/mol. The molecule has 2 heterocycles. The average molecular weight is 347 g/mol. The zero-order chi connectivity index (χ0) is 17.9. The molecule has 3 rings (SSSR count). The van der Waals surface area contributed by atoms with Gasteiger partial charge in [-0.15, -0.1) is 0 Å². The Kier molecular flexibility index (Phi) is 5.27. The third-order valence-corrected chi connectivity index (χ3v) is 5.38. The summed E-state index contributed by atoms with van der Waals surface area (Å²) in [6.07, 6.45) is 1.69. The van der Waals surface area contributed by atoms with E-state index in [-0.39, 0.29) is 17.7 Å². The summed E-state index contributed by atoms with van der Waals surface area (Å²) < 4.78 is 10.8. The van der Waals surface area contributed by atoms with Crippen LogP contribution in [-0.2, 0) is 20.7 Å². The van der Waals surface area contributed by atoms with Crippen molar-refractivity contribution in [3.63, 3.8) is 0 Å². The van der Waals surface area contributed by atoms with Gasteiger partial charge in [0, 0.05) is 31.7 Å². The van der Waals surface area contributed by atoms with E-state index < -0.39 is 11.9 Å². The van der Waals surface area contributed by atoms with Gasteiger partial charge in [0.15, 0.2) is 0 Å². The second-order valence-corrected chi connectivity index (χ2v) is 6.89. The lowest BCUT2D eigenvalue weighted by Crippen LogP contribution is -2.40. The number of nitrogens with zero attached hydrogens (tertiary/aromatic N) is 1. The topological polar surface area (TPSA) is 76.1 Å². The van der Waals surface area contributed by atoms with Crippen molar-refractivity contribution in [1.29, 1.82) is 0 Å². The lowest BCUT2D eigenvalue weighted by Gasteiger charge is -2.36. The SMILES string of the molecule is CCOc1ccc(CC(=O)N2CC(C(=O)O)C3(CCOCC3)C2)cc1. The molecule has 0 bridgehead atoms. The first-order chi connectivity index (χ1) is 12.0. The van der Waals surface area contributed by atoms with Gasteiger partial charge < -0.3 is 19.5 Å². The molecule has 0 radical (unpaired) electrons. The molecule has 2 aliphatic rings.